The van der Waals surface area contributed by atoms with E-state index in [1.54, 1.807) is 0 Å². The molecule has 2 amide bonds. The number of nitrogens with two attached hydrogens (primary N) is 1. The molecular formula is C14H20BrN3O. The van der Waals surface area contributed by atoms with E-state index in [2.05, 4.69) is 35.1 Å². The molecule has 19 heavy (non-hydrogen) atoms. The molecular weight excluding hydrogens is 306 g/mol. The summed E-state index contributed by atoms with van der Waals surface area (Å²) in [6.07, 6.45) is 0. The molecule has 0 spiro atoms. The zero-order valence-corrected chi connectivity index (χ0v) is 12.9. The topological polar surface area (TPSA) is 58.4 Å². The lowest BCUT2D eigenvalue weighted by Gasteiger charge is -2.28. The molecule has 104 valence electrons. The maximum atomic E-state index is 12.0. The number of nitrogens with one attached hydrogen (secondary N) is 1. The van der Waals surface area contributed by atoms with Crippen molar-refractivity contribution in [1.82, 2.24) is 10.2 Å². The van der Waals surface area contributed by atoms with Crippen LogP contribution in [0.3, 0.4) is 0 Å². The Hall–Kier alpha value is -1.07. The Morgan fingerprint density at radius 1 is 1.53 bits per heavy atom. The van der Waals surface area contributed by atoms with Crippen molar-refractivity contribution in [3.05, 3.63) is 34.3 Å². The molecule has 1 aliphatic rings. The van der Waals surface area contributed by atoms with Gasteiger partial charge < -0.3 is 16.0 Å². The molecule has 1 saturated heterocycles. The number of urea groups is 1. The molecule has 1 fully saturated rings. The number of hydrogen-bond donors (Lipinski definition) is 2. The van der Waals surface area contributed by atoms with Crippen molar-refractivity contribution in [1.29, 1.82) is 0 Å². The molecule has 1 atom stereocenters. The van der Waals surface area contributed by atoms with Crippen LogP contribution in [0, 0.1) is 5.41 Å². The lowest BCUT2D eigenvalue weighted by molar-refractivity contribution is 0.191. The van der Waals surface area contributed by atoms with E-state index >= 15 is 0 Å². The van der Waals surface area contributed by atoms with Crippen LogP contribution in [0.4, 0.5) is 4.79 Å². The van der Waals surface area contributed by atoms with Gasteiger partial charge in [0.15, 0.2) is 0 Å². The fourth-order valence-electron chi connectivity index (χ4n) is 2.22. The first-order valence-corrected chi connectivity index (χ1v) is 7.21. The van der Waals surface area contributed by atoms with E-state index in [0.717, 1.165) is 10.0 Å². The molecule has 0 bridgehead atoms. The molecule has 1 aromatic carbocycles. The van der Waals surface area contributed by atoms with Gasteiger partial charge in [-0.3, -0.25) is 0 Å². The maximum absolute atomic E-state index is 12.0. The summed E-state index contributed by atoms with van der Waals surface area (Å²) >= 11 is 3.46. The van der Waals surface area contributed by atoms with E-state index in [9.17, 15) is 4.79 Å². The van der Waals surface area contributed by atoms with Crippen molar-refractivity contribution >= 4 is 22.0 Å². The van der Waals surface area contributed by atoms with Crippen LogP contribution in [-0.4, -0.2) is 30.6 Å². The summed E-state index contributed by atoms with van der Waals surface area (Å²) in [6.45, 7) is 6.09. The first kappa shape index (κ1) is 14.3. The average Bonchev–Trinajstić information content (AvgIpc) is 2.70. The molecule has 1 heterocycles. The quantitative estimate of drug-likeness (QED) is 0.893. The summed E-state index contributed by atoms with van der Waals surface area (Å²) in [5.74, 6) is 0. The van der Waals surface area contributed by atoms with Crippen LogP contribution < -0.4 is 11.1 Å². The molecule has 1 aliphatic heterocycles. The van der Waals surface area contributed by atoms with Crippen molar-refractivity contribution in [3.63, 3.8) is 0 Å². The van der Waals surface area contributed by atoms with Gasteiger partial charge in [-0.2, -0.15) is 0 Å². The van der Waals surface area contributed by atoms with Gasteiger partial charge in [0.2, 0.25) is 0 Å². The maximum Gasteiger partial charge on any atom is 0.318 e. The summed E-state index contributed by atoms with van der Waals surface area (Å²) in [7, 11) is 0. The average molecular weight is 326 g/mol. The predicted molar refractivity (Wildman–Crippen MR) is 79.8 cm³/mol. The lowest BCUT2D eigenvalue weighted by Crippen LogP contribution is -2.40. The van der Waals surface area contributed by atoms with E-state index < -0.39 is 0 Å². The van der Waals surface area contributed by atoms with E-state index in [1.165, 1.54) is 0 Å². The van der Waals surface area contributed by atoms with Crippen molar-refractivity contribution in [2.24, 2.45) is 11.1 Å². The third-order valence-corrected chi connectivity index (χ3v) is 3.90. The van der Waals surface area contributed by atoms with E-state index in [-0.39, 0.29) is 17.5 Å². The molecule has 2 rings (SSSR count). The van der Waals surface area contributed by atoms with Gasteiger partial charge in [-0.15, -0.1) is 0 Å². The molecule has 4 nitrogen and oxygen atoms in total. The minimum atomic E-state index is -0.0521. The SMILES string of the molecule is CC(C)(CN)CN1CC(c2cccc(Br)c2)NC1=O. The number of rotatable bonds is 4. The summed E-state index contributed by atoms with van der Waals surface area (Å²) in [5.41, 5.74) is 6.80. The zero-order valence-electron chi connectivity index (χ0n) is 11.3. The van der Waals surface area contributed by atoms with Crippen molar-refractivity contribution in [2.45, 2.75) is 19.9 Å². The molecule has 0 aliphatic carbocycles. The highest BCUT2D eigenvalue weighted by atomic mass is 79.9. The highest BCUT2D eigenvalue weighted by Crippen LogP contribution is 2.25. The third-order valence-electron chi connectivity index (χ3n) is 3.41. The van der Waals surface area contributed by atoms with Crippen LogP contribution in [0.1, 0.15) is 25.5 Å². The second-order valence-corrected chi connectivity index (χ2v) is 6.72. The molecule has 0 saturated carbocycles. The van der Waals surface area contributed by atoms with Gasteiger partial charge in [-0.1, -0.05) is 41.9 Å². The number of carbonyl (C=O) groups excluding carboxylic acids is 1. The number of nitrogens with zero attached hydrogens (tertiary/aromatic N) is 1. The van der Waals surface area contributed by atoms with Crippen LogP contribution >= 0.6 is 15.9 Å². The third kappa shape index (κ3) is 3.48. The largest absolute Gasteiger partial charge is 0.330 e. The van der Waals surface area contributed by atoms with Gasteiger partial charge in [-0.05, 0) is 29.7 Å². The Balaban J connectivity index is 2.07. The number of benzene rings is 1. The summed E-state index contributed by atoms with van der Waals surface area (Å²) in [6, 6.07) is 8.09. The minimum absolute atomic E-state index is 0.00787. The molecule has 0 aromatic heterocycles. The first-order chi connectivity index (χ1) is 8.91. The van der Waals surface area contributed by atoms with Gasteiger partial charge in [-0.25, -0.2) is 4.79 Å². The van der Waals surface area contributed by atoms with E-state index in [0.29, 0.717) is 19.6 Å². The van der Waals surface area contributed by atoms with Crippen LogP contribution in [0.2, 0.25) is 0 Å². The Morgan fingerprint density at radius 2 is 2.26 bits per heavy atom. The highest BCUT2D eigenvalue weighted by molar-refractivity contribution is 9.10. The number of halogens is 1. The summed E-state index contributed by atoms with van der Waals surface area (Å²) in [5, 5.41) is 3.02. The summed E-state index contributed by atoms with van der Waals surface area (Å²) in [4.78, 5) is 13.8. The fraction of sp³-hybridized carbons (Fsp3) is 0.500. The van der Waals surface area contributed by atoms with Gasteiger partial charge in [0.1, 0.15) is 0 Å². The zero-order chi connectivity index (χ0) is 14.0. The Bertz CT molecular complexity index is 476. The second-order valence-electron chi connectivity index (χ2n) is 5.81. The van der Waals surface area contributed by atoms with Gasteiger partial charge in [0, 0.05) is 17.6 Å². The Kier molecular flexibility index (Phi) is 4.16. The van der Waals surface area contributed by atoms with Crippen molar-refractivity contribution < 1.29 is 4.79 Å². The smallest absolute Gasteiger partial charge is 0.318 e. The molecule has 1 unspecified atom stereocenters. The fourth-order valence-corrected chi connectivity index (χ4v) is 2.64. The van der Waals surface area contributed by atoms with Crippen LogP contribution in [0.15, 0.2) is 28.7 Å². The number of carbonyl (C=O) groups is 1. The monoisotopic (exact) mass is 325 g/mol. The highest BCUT2D eigenvalue weighted by Gasteiger charge is 2.33. The Morgan fingerprint density at radius 3 is 2.89 bits per heavy atom. The second kappa shape index (κ2) is 5.51. The predicted octanol–water partition coefficient (Wildman–Crippen LogP) is 2.50. The molecule has 5 heteroatoms. The molecule has 1 aromatic rings. The lowest BCUT2D eigenvalue weighted by atomic mass is 9.93. The van der Waals surface area contributed by atoms with Gasteiger partial charge in [0.05, 0.1) is 6.04 Å². The molecule has 3 N–H and O–H groups in total. The van der Waals surface area contributed by atoms with Crippen molar-refractivity contribution in [2.75, 3.05) is 19.6 Å². The first-order valence-electron chi connectivity index (χ1n) is 6.42. The minimum Gasteiger partial charge on any atom is -0.330 e. The number of hydrogen-bond acceptors (Lipinski definition) is 2. The van der Waals surface area contributed by atoms with Gasteiger partial charge in [0.25, 0.3) is 0 Å². The molecule has 0 radical (unpaired) electrons. The van der Waals surface area contributed by atoms with Gasteiger partial charge >= 0.3 is 6.03 Å². The van der Waals surface area contributed by atoms with Crippen LogP contribution in [0.5, 0.6) is 0 Å². The Labute approximate surface area is 122 Å². The van der Waals surface area contributed by atoms with E-state index in [1.807, 2.05) is 29.2 Å². The summed E-state index contributed by atoms with van der Waals surface area (Å²) < 4.78 is 1.03. The van der Waals surface area contributed by atoms with Crippen LogP contribution in [-0.2, 0) is 0 Å². The number of amides is 2. The normalized spacial score (nSPS) is 19.7. The standard InChI is InChI=1S/C14H20BrN3O/c1-14(2,8-16)9-18-7-12(17-13(18)19)10-4-3-5-11(15)6-10/h3-6,12H,7-9,16H2,1-2H3,(H,17,19). The van der Waals surface area contributed by atoms with E-state index in [4.69, 9.17) is 5.73 Å². The van der Waals surface area contributed by atoms with Crippen molar-refractivity contribution in [3.8, 4) is 0 Å². The van der Waals surface area contributed by atoms with Crippen LogP contribution in [0.25, 0.3) is 0 Å².